The summed E-state index contributed by atoms with van der Waals surface area (Å²) < 4.78 is 5.54. The zero-order valence-corrected chi connectivity index (χ0v) is 19.7. The molecular weight excluding hydrogens is 404 g/mol. The molecule has 1 aliphatic heterocycles. The maximum atomic E-state index is 13.2. The summed E-state index contributed by atoms with van der Waals surface area (Å²) >= 11 is 0. The van der Waals surface area contributed by atoms with Gasteiger partial charge in [-0.1, -0.05) is 37.3 Å². The van der Waals surface area contributed by atoms with E-state index in [0.29, 0.717) is 24.4 Å². The quantitative estimate of drug-likeness (QED) is 0.406. The van der Waals surface area contributed by atoms with Crippen LogP contribution in [0.25, 0.3) is 5.76 Å². The number of hydrogen-bond acceptors (Lipinski definition) is 5. The van der Waals surface area contributed by atoms with Gasteiger partial charge in [0.15, 0.2) is 0 Å². The van der Waals surface area contributed by atoms with Gasteiger partial charge in [-0.05, 0) is 62.7 Å². The highest BCUT2D eigenvalue weighted by Crippen LogP contribution is 2.41. The minimum Gasteiger partial charge on any atom is -0.507 e. The lowest BCUT2D eigenvalue weighted by molar-refractivity contribution is -0.140. The maximum absolute atomic E-state index is 13.2. The van der Waals surface area contributed by atoms with Gasteiger partial charge < -0.3 is 19.6 Å². The minimum absolute atomic E-state index is 0.0984. The molecule has 0 spiro atoms. The smallest absolute Gasteiger partial charge is 0.295 e. The number of carbonyl (C=O) groups excluding carboxylic acids is 2. The van der Waals surface area contributed by atoms with Gasteiger partial charge in [0.25, 0.3) is 11.7 Å². The fourth-order valence-corrected chi connectivity index (χ4v) is 4.25. The molecule has 1 heterocycles. The van der Waals surface area contributed by atoms with Crippen molar-refractivity contribution in [3.05, 3.63) is 69.8 Å². The Morgan fingerprint density at radius 1 is 1.12 bits per heavy atom. The zero-order chi connectivity index (χ0) is 23.6. The van der Waals surface area contributed by atoms with Crippen LogP contribution in [0.3, 0.4) is 0 Å². The molecular formula is C26H32N2O4. The van der Waals surface area contributed by atoms with E-state index in [4.69, 9.17) is 4.74 Å². The number of amides is 1. The molecule has 6 heteroatoms. The first kappa shape index (κ1) is 23.5. The average molecular weight is 437 g/mol. The van der Waals surface area contributed by atoms with Gasteiger partial charge in [0, 0.05) is 13.1 Å². The lowest BCUT2D eigenvalue weighted by atomic mass is 9.93. The molecule has 32 heavy (non-hydrogen) atoms. The first-order valence-electron chi connectivity index (χ1n) is 10.9. The van der Waals surface area contributed by atoms with Crippen molar-refractivity contribution in [2.24, 2.45) is 0 Å². The van der Waals surface area contributed by atoms with Crippen molar-refractivity contribution in [1.29, 1.82) is 0 Å². The molecule has 0 saturated carbocycles. The van der Waals surface area contributed by atoms with E-state index in [1.54, 1.807) is 11.0 Å². The number of benzene rings is 2. The molecule has 1 unspecified atom stereocenters. The second-order valence-electron chi connectivity index (χ2n) is 8.55. The van der Waals surface area contributed by atoms with Crippen LogP contribution < -0.4 is 4.74 Å². The topological polar surface area (TPSA) is 70.1 Å². The number of Topliss-reactive ketones (excluding diaryl/α,β-unsaturated/α-hetero) is 1. The summed E-state index contributed by atoms with van der Waals surface area (Å²) in [5.74, 6) is -0.982. The fourth-order valence-electron chi connectivity index (χ4n) is 4.25. The summed E-state index contributed by atoms with van der Waals surface area (Å²) in [7, 11) is 5.37. The van der Waals surface area contributed by atoms with E-state index >= 15 is 0 Å². The second kappa shape index (κ2) is 9.57. The molecule has 2 aromatic rings. The van der Waals surface area contributed by atoms with Gasteiger partial charge >= 0.3 is 0 Å². The molecule has 0 aromatic heterocycles. The van der Waals surface area contributed by atoms with E-state index < -0.39 is 17.7 Å². The lowest BCUT2D eigenvalue weighted by Crippen LogP contribution is -2.35. The summed E-state index contributed by atoms with van der Waals surface area (Å²) in [5, 5.41) is 11.4. The summed E-state index contributed by atoms with van der Waals surface area (Å²) in [4.78, 5) is 29.7. The molecule has 6 nitrogen and oxygen atoms in total. The number of methoxy groups -OCH3 is 1. The van der Waals surface area contributed by atoms with E-state index in [1.165, 1.54) is 7.11 Å². The highest BCUT2D eigenvalue weighted by atomic mass is 16.5. The molecule has 1 saturated heterocycles. The van der Waals surface area contributed by atoms with Crippen molar-refractivity contribution < 1.29 is 19.4 Å². The molecule has 2 aromatic carbocycles. The van der Waals surface area contributed by atoms with E-state index in [2.05, 4.69) is 6.92 Å². The van der Waals surface area contributed by atoms with Gasteiger partial charge in [0.2, 0.25) is 0 Å². The van der Waals surface area contributed by atoms with Crippen molar-refractivity contribution in [2.45, 2.75) is 33.2 Å². The third kappa shape index (κ3) is 4.41. The molecule has 1 amide bonds. The highest BCUT2D eigenvalue weighted by molar-refractivity contribution is 6.46. The number of rotatable bonds is 7. The van der Waals surface area contributed by atoms with Crippen LogP contribution in [0.15, 0.2) is 42.0 Å². The van der Waals surface area contributed by atoms with Gasteiger partial charge in [-0.2, -0.15) is 0 Å². The number of aliphatic hydroxyl groups excluding tert-OH is 1. The third-order valence-corrected chi connectivity index (χ3v) is 5.91. The minimum atomic E-state index is -0.674. The molecule has 1 N–H and O–H groups in total. The second-order valence-corrected chi connectivity index (χ2v) is 8.55. The van der Waals surface area contributed by atoms with E-state index in [-0.39, 0.29) is 11.3 Å². The molecule has 1 atom stereocenters. The predicted octanol–water partition coefficient (Wildman–Crippen LogP) is 3.86. The summed E-state index contributed by atoms with van der Waals surface area (Å²) in [5.41, 5.74) is 4.25. The third-order valence-electron chi connectivity index (χ3n) is 5.91. The first-order valence-corrected chi connectivity index (χ1v) is 10.9. The Balaban J connectivity index is 2.23. The number of hydrogen-bond donors (Lipinski definition) is 1. The Morgan fingerprint density at radius 2 is 1.78 bits per heavy atom. The molecule has 0 bridgehead atoms. The van der Waals surface area contributed by atoms with Crippen LogP contribution in [0, 0.1) is 13.8 Å². The molecule has 1 aliphatic rings. The van der Waals surface area contributed by atoms with Crippen molar-refractivity contribution >= 4 is 17.4 Å². The van der Waals surface area contributed by atoms with Crippen LogP contribution in [-0.4, -0.2) is 60.9 Å². The number of aliphatic hydroxyl groups is 1. The molecule has 1 fully saturated rings. The van der Waals surface area contributed by atoms with Crippen LogP contribution in [0.2, 0.25) is 0 Å². The summed E-state index contributed by atoms with van der Waals surface area (Å²) in [6, 6.07) is 10.9. The highest BCUT2D eigenvalue weighted by Gasteiger charge is 2.46. The molecule has 3 rings (SSSR count). The van der Waals surface area contributed by atoms with E-state index in [9.17, 15) is 14.7 Å². The Bertz CT molecular complexity index is 1050. The number of likely N-dealkylation sites (tertiary alicyclic amines) is 1. The normalized spacial score (nSPS) is 18.0. The zero-order valence-electron chi connectivity index (χ0n) is 19.7. The van der Waals surface area contributed by atoms with Crippen LogP contribution in [0.4, 0.5) is 0 Å². The first-order chi connectivity index (χ1) is 15.2. The van der Waals surface area contributed by atoms with Gasteiger partial charge in [-0.3, -0.25) is 9.59 Å². The monoisotopic (exact) mass is 436 g/mol. The van der Waals surface area contributed by atoms with Crippen molar-refractivity contribution in [3.63, 3.8) is 0 Å². The Labute approximate surface area is 190 Å². The number of ether oxygens (including phenoxy) is 1. The van der Waals surface area contributed by atoms with Crippen molar-refractivity contribution in [1.82, 2.24) is 9.80 Å². The summed E-state index contributed by atoms with van der Waals surface area (Å²) in [6.07, 6.45) is 0.890. The van der Waals surface area contributed by atoms with Crippen molar-refractivity contribution in [2.75, 3.05) is 34.3 Å². The number of carbonyl (C=O) groups is 2. The Hall–Kier alpha value is -3.12. The van der Waals surface area contributed by atoms with Crippen LogP contribution >= 0.6 is 0 Å². The average Bonchev–Trinajstić information content (AvgIpc) is 3.01. The van der Waals surface area contributed by atoms with Gasteiger partial charge in [0.1, 0.15) is 11.5 Å². The van der Waals surface area contributed by atoms with E-state index in [0.717, 1.165) is 28.7 Å². The molecule has 0 radical (unpaired) electrons. The lowest BCUT2D eigenvalue weighted by Gasteiger charge is -2.27. The predicted molar refractivity (Wildman–Crippen MR) is 126 cm³/mol. The largest absolute Gasteiger partial charge is 0.507 e. The van der Waals surface area contributed by atoms with E-state index in [1.807, 2.05) is 63.2 Å². The SMILES string of the molecule is CCc1ccc(C2/C(=C(\O)c3cc(C)cc(C)c3OC)C(=O)C(=O)N2CCN(C)C)cc1. The van der Waals surface area contributed by atoms with Gasteiger partial charge in [0.05, 0.1) is 24.3 Å². The maximum Gasteiger partial charge on any atom is 0.295 e. The number of aryl methyl sites for hydroxylation is 3. The Morgan fingerprint density at radius 3 is 2.34 bits per heavy atom. The van der Waals surface area contributed by atoms with Crippen molar-refractivity contribution in [3.8, 4) is 5.75 Å². The molecule has 170 valence electrons. The molecule has 0 aliphatic carbocycles. The van der Waals surface area contributed by atoms with Crippen LogP contribution in [0.1, 0.15) is 40.8 Å². The van der Waals surface area contributed by atoms with Crippen LogP contribution in [0.5, 0.6) is 5.75 Å². The number of ketones is 1. The summed E-state index contributed by atoms with van der Waals surface area (Å²) in [6.45, 7) is 6.85. The van der Waals surface area contributed by atoms with Crippen LogP contribution in [-0.2, 0) is 16.0 Å². The van der Waals surface area contributed by atoms with Gasteiger partial charge in [-0.15, -0.1) is 0 Å². The standard InChI is InChI=1S/C26H32N2O4/c1-7-18-8-10-19(11-9-18)22-21(24(30)26(31)28(22)13-12-27(4)5)23(29)20-15-16(2)14-17(3)25(20)32-6/h8-11,14-15,22,29H,7,12-13H2,1-6H3/b23-21+. The number of nitrogens with zero attached hydrogens (tertiary/aromatic N) is 2. The number of likely N-dealkylation sites (N-methyl/N-ethyl adjacent to an activating group) is 1. The van der Waals surface area contributed by atoms with Gasteiger partial charge in [-0.25, -0.2) is 0 Å². The Kier molecular flexibility index (Phi) is 7.04. The fraction of sp³-hybridized carbons (Fsp3) is 0.385.